The molecule has 0 unspecified atom stereocenters. The second kappa shape index (κ2) is 9.97. The van der Waals surface area contributed by atoms with Gasteiger partial charge >= 0.3 is 0 Å². The number of carbonyl (C=O) groups is 2. The second-order valence-corrected chi connectivity index (χ2v) is 7.27. The largest absolute Gasteiger partial charge is 0.497 e. The summed E-state index contributed by atoms with van der Waals surface area (Å²) in [6, 6.07) is 11.6. The predicted octanol–water partition coefficient (Wildman–Crippen LogP) is 2.58. The van der Waals surface area contributed by atoms with E-state index in [0.29, 0.717) is 43.1 Å². The van der Waals surface area contributed by atoms with E-state index < -0.39 is 0 Å². The number of amides is 2. The van der Waals surface area contributed by atoms with Crippen LogP contribution < -0.4 is 14.4 Å². The highest BCUT2D eigenvalue weighted by Crippen LogP contribution is 2.28. The third kappa shape index (κ3) is 4.96. The molecule has 1 aromatic carbocycles. The number of ether oxygens (including phenoxy) is 2. The first-order valence-electron chi connectivity index (χ1n) is 10.2. The lowest BCUT2D eigenvalue weighted by molar-refractivity contribution is -0.128. The summed E-state index contributed by atoms with van der Waals surface area (Å²) >= 11 is 0. The maximum atomic E-state index is 12.2. The number of hydrogen-bond donors (Lipinski definition) is 0. The quantitative estimate of drug-likeness (QED) is 0.468. The summed E-state index contributed by atoms with van der Waals surface area (Å²) < 4.78 is 13.1. The Morgan fingerprint density at radius 1 is 1.23 bits per heavy atom. The number of hydrogen-bond acceptors (Lipinski definition) is 5. The molecule has 0 N–H and O–H groups in total. The van der Waals surface area contributed by atoms with Crippen molar-refractivity contribution in [1.82, 2.24) is 14.3 Å². The Morgan fingerprint density at radius 2 is 2.03 bits per heavy atom. The van der Waals surface area contributed by atoms with E-state index >= 15 is 0 Å². The van der Waals surface area contributed by atoms with Gasteiger partial charge < -0.3 is 14.4 Å². The molecule has 0 spiro atoms. The molecule has 2 amide bonds. The minimum atomic E-state index is -0.171. The molecule has 3 aromatic rings. The standard InChI is InChI=1S/C23H28N4O4/c1-5-19-23(26(16-28)15-21(29)25(2)3)27-12-7-10-20(22(27)24-19)31-13-11-17-8-6-9-18(14-17)30-4/h6-10,12,14,16H,5,11,13,15H2,1-4H3. The fourth-order valence-electron chi connectivity index (χ4n) is 3.29. The van der Waals surface area contributed by atoms with Crippen LogP contribution in [0.25, 0.3) is 5.65 Å². The Kier molecular flexibility index (Phi) is 7.12. The molecular weight excluding hydrogens is 396 g/mol. The minimum absolute atomic E-state index is 0.0573. The van der Waals surface area contributed by atoms with Crippen molar-refractivity contribution in [3.8, 4) is 11.5 Å². The van der Waals surface area contributed by atoms with Crippen molar-refractivity contribution < 1.29 is 19.1 Å². The molecule has 164 valence electrons. The van der Waals surface area contributed by atoms with Gasteiger partial charge in [0.1, 0.15) is 18.1 Å². The van der Waals surface area contributed by atoms with Crippen LogP contribution in [0.1, 0.15) is 18.2 Å². The number of methoxy groups -OCH3 is 1. The molecule has 0 bridgehead atoms. The van der Waals surface area contributed by atoms with Crippen LogP contribution in [-0.2, 0) is 22.4 Å². The predicted molar refractivity (Wildman–Crippen MR) is 119 cm³/mol. The van der Waals surface area contributed by atoms with Crippen LogP contribution in [0.5, 0.6) is 11.5 Å². The monoisotopic (exact) mass is 424 g/mol. The maximum absolute atomic E-state index is 12.2. The number of imidazole rings is 1. The number of benzene rings is 1. The van der Waals surface area contributed by atoms with Crippen molar-refractivity contribution >= 4 is 23.8 Å². The molecule has 0 aliphatic heterocycles. The van der Waals surface area contributed by atoms with Gasteiger partial charge in [-0.05, 0) is 36.2 Å². The lowest BCUT2D eigenvalue weighted by Crippen LogP contribution is -2.36. The topological polar surface area (TPSA) is 76.4 Å². The van der Waals surface area contributed by atoms with Gasteiger partial charge in [-0.15, -0.1) is 0 Å². The zero-order valence-corrected chi connectivity index (χ0v) is 18.4. The average Bonchev–Trinajstić information content (AvgIpc) is 3.16. The van der Waals surface area contributed by atoms with Crippen LogP contribution in [0.15, 0.2) is 42.6 Å². The Labute approximate surface area is 182 Å². The third-order valence-corrected chi connectivity index (χ3v) is 4.98. The van der Waals surface area contributed by atoms with Gasteiger partial charge in [0.25, 0.3) is 0 Å². The third-order valence-electron chi connectivity index (χ3n) is 4.98. The number of likely N-dealkylation sites (N-methyl/N-ethyl adjacent to an activating group) is 1. The van der Waals surface area contributed by atoms with Crippen LogP contribution in [0.2, 0.25) is 0 Å². The molecule has 3 rings (SSSR count). The molecule has 31 heavy (non-hydrogen) atoms. The fraction of sp³-hybridized carbons (Fsp3) is 0.348. The number of aryl methyl sites for hydroxylation is 1. The van der Waals surface area contributed by atoms with Crippen molar-refractivity contribution in [1.29, 1.82) is 0 Å². The number of nitrogens with zero attached hydrogens (tertiary/aromatic N) is 4. The van der Waals surface area contributed by atoms with Gasteiger partial charge in [0.05, 0.1) is 19.4 Å². The number of carbonyl (C=O) groups excluding carboxylic acids is 2. The van der Waals surface area contributed by atoms with E-state index in [1.165, 1.54) is 9.80 Å². The molecule has 2 aromatic heterocycles. The van der Waals surface area contributed by atoms with Crippen LogP contribution in [0.3, 0.4) is 0 Å². The molecular formula is C23H28N4O4. The normalized spacial score (nSPS) is 10.7. The summed E-state index contributed by atoms with van der Waals surface area (Å²) in [6.45, 7) is 2.37. The van der Waals surface area contributed by atoms with Gasteiger partial charge in [0, 0.05) is 26.7 Å². The summed E-state index contributed by atoms with van der Waals surface area (Å²) in [4.78, 5) is 31.6. The van der Waals surface area contributed by atoms with E-state index in [1.54, 1.807) is 25.6 Å². The molecule has 8 nitrogen and oxygen atoms in total. The van der Waals surface area contributed by atoms with Crippen LogP contribution in [0, 0.1) is 0 Å². The van der Waals surface area contributed by atoms with E-state index in [2.05, 4.69) is 0 Å². The van der Waals surface area contributed by atoms with Crippen molar-refractivity contribution in [3.05, 3.63) is 53.9 Å². The number of rotatable bonds is 10. The molecule has 0 fully saturated rings. The van der Waals surface area contributed by atoms with E-state index in [0.717, 1.165) is 17.0 Å². The Morgan fingerprint density at radius 3 is 2.71 bits per heavy atom. The van der Waals surface area contributed by atoms with Gasteiger partial charge in [-0.1, -0.05) is 19.1 Å². The van der Waals surface area contributed by atoms with Gasteiger partial charge in [-0.3, -0.25) is 18.9 Å². The zero-order chi connectivity index (χ0) is 22.4. The first kappa shape index (κ1) is 22.1. The second-order valence-electron chi connectivity index (χ2n) is 7.27. The van der Waals surface area contributed by atoms with Gasteiger partial charge in [-0.2, -0.15) is 0 Å². The summed E-state index contributed by atoms with van der Waals surface area (Å²) in [5, 5.41) is 0. The summed E-state index contributed by atoms with van der Waals surface area (Å²) in [5.74, 6) is 1.85. The van der Waals surface area contributed by atoms with Gasteiger partial charge in [0.15, 0.2) is 11.4 Å². The van der Waals surface area contributed by atoms with Gasteiger partial charge in [0.2, 0.25) is 12.3 Å². The smallest absolute Gasteiger partial charge is 0.242 e. The molecule has 2 heterocycles. The molecule has 0 aliphatic rings. The maximum Gasteiger partial charge on any atom is 0.242 e. The molecule has 0 saturated carbocycles. The van der Waals surface area contributed by atoms with Crippen LogP contribution in [0.4, 0.5) is 5.82 Å². The molecule has 0 atom stereocenters. The van der Waals surface area contributed by atoms with Crippen LogP contribution >= 0.6 is 0 Å². The van der Waals surface area contributed by atoms with E-state index in [4.69, 9.17) is 14.5 Å². The Bertz CT molecular complexity index is 1060. The first-order valence-corrected chi connectivity index (χ1v) is 10.2. The minimum Gasteiger partial charge on any atom is -0.497 e. The van der Waals surface area contributed by atoms with E-state index in [1.807, 2.05) is 49.5 Å². The fourth-order valence-corrected chi connectivity index (χ4v) is 3.29. The average molecular weight is 425 g/mol. The Balaban J connectivity index is 1.85. The van der Waals surface area contributed by atoms with E-state index in [9.17, 15) is 9.59 Å². The zero-order valence-electron chi connectivity index (χ0n) is 18.4. The first-order chi connectivity index (χ1) is 15.0. The van der Waals surface area contributed by atoms with E-state index in [-0.39, 0.29) is 12.5 Å². The highest BCUT2D eigenvalue weighted by Gasteiger charge is 2.22. The number of anilines is 1. The number of pyridine rings is 1. The molecule has 0 radical (unpaired) electrons. The number of aromatic nitrogens is 2. The number of fused-ring (bicyclic) bond motifs is 1. The highest BCUT2D eigenvalue weighted by molar-refractivity contribution is 5.89. The SMILES string of the molecule is CCc1nc2c(OCCc3cccc(OC)c3)cccn2c1N(C=O)CC(=O)N(C)C. The van der Waals surface area contributed by atoms with Crippen molar-refractivity contribution in [3.63, 3.8) is 0 Å². The summed E-state index contributed by atoms with van der Waals surface area (Å²) in [5.41, 5.74) is 2.45. The Hall–Kier alpha value is -3.55. The lowest BCUT2D eigenvalue weighted by atomic mass is 10.1. The molecule has 8 heteroatoms. The highest BCUT2D eigenvalue weighted by atomic mass is 16.5. The van der Waals surface area contributed by atoms with Gasteiger partial charge in [-0.25, -0.2) is 4.98 Å². The summed E-state index contributed by atoms with van der Waals surface area (Å²) in [6.07, 6.45) is 3.81. The molecule has 0 saturated heterocycles. The van der Waals surface area contributed by atoms with Crippen LogP contribution in [-0.4, -0.2) is 61.0 Å². The van der Waals surface area contributed by atoms with Crippen molar-refractivity contribution in [2.24, 2.45) is 0 Å². The lowest BCUT2D eigenvalue weighted by Gasteiger charge is -2.20. The molecule has 0 aliphatic carbocycles. The van der Waals surface area contributed by atoms with Crippen molar-refractivity contribution in [2.45, 2.75) is 19.8 Å². The van der Waals surface area contributed by atoms with Crippen molar-refractivity contribution in [2.75, 3.05) is 39.3 Å². The summed E-state index contributed by atoms with van der Waals surface area (Å²) in [7, 11) is 4.97.